The quantitative estimate of drug-likeness (QED) is 0.383. The van der Waals surface area contributed by atoms with E-state index in [9.17, 15) is 14.4 Å². The Morgan fingerprint density at radius 1 is 1.16 bits per heavy atom. The number of nitrogens with two attached hydrogens (primary N) is 2. The van der Waals surface area contributed by atoms with Gasteiger partial charge in [-0.3, -0.25) is 14.4 Å². The third-order valence-corrected chi connectivity index (χ3v) is 7.61. The smallest absolute Gasteiger partial charge is 0.240 e. The van der Waals surface area contributed by atoms with E-state index in [4.69, 9.17) is 16.2 Å². The SMILES string of the molecule is CCC(CC)C(=O)N1CCCC1N(C=O)C(C(N)=O)C(CC(CN)OC)c1ccc2ccccc2c1.Cl. The van der Waals surface area contributed by atoms with Crippen molar-refractivity contribution in [3.63, 3.8) is 0 Å². The molecule has 8 nitrogen and oxygen atoms in total. The molecule has 3 rings (SSSR count). The van der Waals surface area contributed by atoms with Crippen LogP contribution in [0.25, 0.3) is 10.8 Å². The van der Waals surface area contributed by atoms with E-state index in [1.165, 1.54) is 4.90 Å². The molecule has 204 valence electrons. The summed E-state index contributed by atoms with van der Waals surface area (Å²) in [6.07, 6.45) is 3.04. The van der Waals surface area contributed by atoms with Crippen LogP contribution in [0.1, 0.15) is 57.4 Å². The van der Waals surface area contributed by atoms with Crippen LogP contribution in [0.3, 0.4) is 0 Å². The van der Waals surface area contributed by atoms with Crippen LogP contribution in [-0.2, 0) is 19.1 Å². The Balaban J connectivity index is 0.00000481. The Kier molecular flexibility index (Phi) is 11.8. The van der Waals surface area contributed by atoms with Crippen LogP contribution < -0.4 is 11.5 Å². The van der Waals surface area contributed by atoms with Gasteiger partial charge in [0.1, 0.15) is 12.2 Å². The highest BCUT2D eigenvalue weighted by Crippen LogP contribution is 2.34. The van der Waals surface area contributed by atoms with E-state index in [2.05, 4.69) is 0 Å². The number of nitrogens with zero attached hydrogens (tertiary/aromatic N) is 2. The lowest BCUT2D eigenvalue weighted by atomic mass is 9.84. The molecule has 0 saturated carbocycles. The number of primary amides is 1. The summed E-state index contributed by atoms with van der Waals surface area (Å²) in [5.74, 6) is -1.17. The number of methoxy groups -OCH3 is 1. The molecule has 0 bridgehead atoms. The molecule has 1 saturated heterocycles. The fourth-order valence-corrected chi connectivity index (χ4v) is 5.52. The van der Waals surface area contributed by atoms with Crippen LogP contribution >= 0.6 is 12.4 Å². The average molecular weight is 533 g/mol. The number of benzene rings is 2. The van der Waals surface area contributed by atoms with Crippen molar-refractivity contribution in [1.82, 2.24) is 9.80 Å². The van der Waals surface area contributed by atoms with Crippen molar-refractivity contribution in [3.05, 3.63) is 48.0 Å². The van der Waals surface area contributed by atoms with Crippen molar-refractivity contribution in [1.29, 1.82) is 0 Å². The minimum absolute atomic E-state index is 0. The first-order chi connectivity index (χ1) is 17.4. The average Bonchev–Trinajstić information content (AvgIpc) is 3.38. The number of fused-ring (bicyclic) bond motifs is 1. The molecule has 37 heavy (non-hydrogen) atoms. The summed E-state index contributed by atoms with van der Waals surface area (Å²) in [4.78, 5) is 42.2. The summed E-state index contributed by atoms with van der Waals surface area (Å²) in [5, 5.41) is 2.09. The molecule has 4 N–H and O–H groups in total. The van der Waals surface area contributed by atoms with Crippen molar-refractivity contribution >= 4 is 41.4 Å². The van der Waals surface area contributed by atoms with Gasteiger partial charge in [0.2, 0.25) is 18.2 Å². The van der Waals surface area contributed by atoms with Gasteiger partial charge < -0.3 is 26.0 Å². The summed E-state index contributed by atoms with van der Waals surface area (Å²) in [6.45, 7) is 4.80. The molecule has 1 heterocycles. The largest absolute Gasteiger partial charge is 0.380 e. The maximum atomic E-state index is 13.3. The third kappa shape index (κ3) is 6.80. The van der Waals surface area contributed by atoms with E-state index in [1.54, 1.807) is 12.0 Å². The maximum Gasteiger partial charge on any atom is 0.240 e. The number of carbonyl (C=O) groups is 3. The Morgan fingerprint density at radius 2 is 1.84 bits per heavy atom. The first-order valence-corrected chi connectivity index (χ1v) is 12.9. The normalized spacial score (nSPS) is 17.8. The van der Waals surface area contributed by atoms with Crippen molar-refractivity contribution in [3.8, 4) is 0 Å². The number of hydrogen-bond acceptors (Lipinski definition) is 5. The molecule has 2 aromatic carbocycles. The Labute approximate surface area is 226 Å². The molecule has 0 aliphatic carbocycles. The second kappa shape index (κ2) is 14.3. The van der Waals surface area contributed by atoms with Gasteiger partial charge in [-0.1, -0.05) is 56.3 Å². The zero-order valence-corrected chi connectivity index (χ0v) is 22.9. The standard InChI is InChI=1S/C28H40N4O4.ClH/c1-4-19(5-2)28(35)31-14-8-11-25(31)32(18-33)26(27(30)34)24(16-23(17-29)36-3)22-13-12-20-9-6-7-10-21(20)15-22;/h6-7,9-10,12-13,15,18-19,23-26H,4-5,8,11,14,16-17,29H2,1-3H3,(H2,30,34);1H. The number of carbonyl (C=O) groups excluding carboxylic acids is 3. The van der Waals surface area contributed by atoms with Gasteiger partial charge in [-0.2, -0.15) is 0 Å². The summed E-state index contributed by atoms with van der Waals surface area (Å²) >= 11 is 0. The molecule has 2 aromatic rings. The van der Waals surface area contributed by atoms with Crippen LogP contribution in [-0.4, -0.2) is 66.5 Å². The lowest BCUT2D eigenvalue weighted by Crippen LogP contribution is -2.57. The second-order valence-corrected chi connectivity index (χ2v) is 9.61. The van der Waals surface area contributed by atoms with Crippen LogP contribution in [0.15, 0.2) is 42.5 Å². The number of rotatable bonds is 13. The topological polar surface area (TPSA) is 119 Å². The first kappa shape index (κ1) is 30.5. The number of hydrogen-bond donors (Lipinski definition) is 2. The van der Waals surface area contributed by atoms with E-state index in [0.717, 1.165) is 35.6 Å². The zero-order chi connectivity index (χ0) is 26.2. The highest BCUT2D eigenvalue weighted by Gasteiger charge is 2.43. The zero-order valence-electron chi connectivity index (χ0n) is 22.0. The third-order valence-electron chi connectivity index (χ3n) is 7.61. The van der Waals surface area contributed by atoms with Gasteiger partial charge >= 0.3 is 0 Å². The van der Waals surface area contributed by atoms with E-state index >= 15 is 0 Å². The van der Waals surface area contributed by atoms with Crippen LogP contribution in [0.5, 0.6) is 0 Å². The Hall–Kier alpha value is -2.68. The minimum atomic E-state index is -0.965. The van der Waals surface area contributed by atoms with Gasteiger partial charge in [-0.05, 0) is 48.4 Å². The molecule has 1 aliphatic rings. The lowest BCUT2D eigenvalue weighted by molar-refractivity contribution is -0.148. The van der Waals surface area contributed by atoms with E-state index in [-0.39, 0.29) is 36.9 Å². The molecule has 1 aliphatic heterocycles. The molecule has 0 spiro atoms. The van der Waals surface area contributed by atoms with Gasteiger partial charge in [-0.25, -0.2) is 0 Å². The molecule has 1 fully saturated rings. The molecule has 3 amide bonds. The fourth-order valence-electron chi connectivity index (χ4n) is 5.52. The van der Waals surface area contributed by atoms with Crippen molar-refractivity contribution in [2.24, 2.45) is 17.4 Å². The lowest BCUT2D eigenvalue weighted by Gasteiger charge is -2.41. The Morgan fingerprint density at radius 3 is 2.41 bits per heavy atom. The van der Waals surface area contributed by atoms with Gasteiger partial charge in [0.05, 0.1) is 6.10 Å². The van der Waals surface area contributed by atoms with Gasteiger partial charge in [-0.15, -0.1) is 12.4 Å². The van der Waals surface area contributed by atoms with Gasteiger partial charge in [0, 0.05) is 32.0 Å². The van der Waals surface area contributed by atoms with Crippen molar-refractivity contribution in [2.75, 3.05) is 20.2 Å². The van der Waals surface area contributed by atoms with Crippen LogP contribution in [0, 0.1) is 5.92 Å². The molecule has 0 aromatic heterocycles. The number of halogens is 1. The number of amides is 3. The molecule has 9 heteroatoms. The molecular weight excluding hydrogens is 492 g/mol. The van der Waals surface area contributed by atoms with E-state index in [1.807, 2.05) is 56.3 Å². The van der Waals surface area contributed by atoms with Crippen LogP contribution in [0.4, 0.5) is 0 Å². The maximum absolute atomic E-state index is 13.3. The predicted molar refractivity (Wildman–Crippen MR) is 148 cm³/mol. The number of likely N-dealkylation sites (tertiary alicyclic amines) is 1. The predicted octanol–water partition coefficient (Wildman–Crippen LogP) is 3.41. The van der Waals surface area contributed by atoms with Crippen molar-refractivity contribution < 1.29 is 19.1 Å². The van der Waals surface area contributed by atoms with Crippen molar-refractivity contribution in [2.45, 2.75) is 70.2 Å². The minimum Gasteiger partial charge on any atom is -0.380 e. The summed E-state index contributed by atoms with van der Waals surface area (Å²) in [6, 6.07) is 13.0. The number of ether oxygens (including phenoxy) is 1. The highest BCUT2D eigenvalue weighted by molar-refractivity contribution is 5.86. The van der Waals surface area contributed by atoms with E-state index < -0.39 is 24.0 Å². The second-order valence-electron chi connectivity index (χ2n) is 9.61. The highest BCUT2D eigenvalue weighted by atomic mass is 35.5. The molecular formula is C28H41ClN4O4. The van der Waals surface area contributed by atoms with Gasteiger partial charge in [0.25, 0.3) is 0 Å². The summed E-state index contributed by atoms with van der Waals surface area (Å²) in [5.41, 5.74) is 12.8. The van der Waals surface area contributed by atoms with E-state index in [0.29, 0.717) is 25.8 Å². The summed E-state index contributed by atoms with van der Waals surface area (Å²) < 4.78 is 5.58. The molecule has 4 atom stereocenters. The fraction of sp³-hybridized carbons (Fsp3) is 0.536. The first-order valence-electron chi connectivity index (χ1n) is 12.9. The monoisotopic (exact) mass is 532 g/mol. The molecule has 4 unspecified atom stereocenters. The van der Waals surface area contributed by atoms with Gasteiger partial charge in [0.15, 0.2) is 0 Å². The molecule has 0 radical (unpaired) electrons. The Bertz CT molecular complexity index is 1040. The van der Waals surface area contributed by atoms with Crippen LogP contribution in [0.2, 0.25) is 0 Å². The summed E-state index contributed by atoms with van der Waals surface area (Å²) in [7, 11) is 1.58.